The molecule has 3 heterocycles. The van der Waals surface area contributed by atoms with Crippen molar-refractivity contribution in [2.45, 2.75) is 11.4 Å². The second-order valence-corrected chi connectivity index (χ2v) is 9.57. The summed E-state index contributed by atoms with van der Waals surface area (Å²) in [4.78, 5) is 7.91. The van der Waals surface area contributed by atoms with E-state index in [9.17, 15) is 8.42 Å². The SMILES string of the molecule is CS(=O)(=O)c1ccc(-c2nnc(-c3cccnc3NCc3ccc4c(c3)OCCO4)[nH]2)cc1. The molecular formula is C23H21N5O4S. The first-order valence-corrected chi connectivity index (χ1v) is 12.2. The van der Waals surface area contributed by atoms with E-state index in [1.807, 2.05) is 30.3 Å². The second-order valence-electron chi connectivity index (χ2n) is 7.55. The van der Waals surface area contributed by atoms with Gasteiger partial charge in [-0.05, 0) is 54.1 Å². The summed E-state index contributed by atoms with van der Waals surface area (Å²) in [5, 5.41) is 11.8. The van der Waals surface area contributed by atoms with Crippen LogP contribution in [0.15, 0.2) is 65.7 Å². The molecule has 1 aliphatic heterocycles. The Kier molecular flexibility index (Phi) is 5.43. The normalized spacial score (nSPS) is 13.0. The van der Waals surface area contributed by atoms with E-state index >= 15 is 0 Å². The number of fused-ring (bicyclic) bond motifs is 1. The molecule has 0 fully saturated rings. The Morgan fingerprint density at radius 3 is 2.52 bits per heavy atom. The van der Waals surface area contributed by atoms with E-state index in [0.29, 0.717) is 37.2 Å². The van der Waals surface area contributed by atoms with Gasteiger partial charge in [0.25, 0.3) is 0 Å². The molecule has 0 radical (unpaired) electrons. The molecule has 0 atom stereocenters. The minimum Gasteiger partial charge on any atom is -0.486 e. The maximum Gasteiger partial charge on any atom is 0.175 e. The topological polar surface area (TPSA) is 119 Å². The average Bonchev–Trinajstić information content (AvgIpc) is 3.32. The Balaban J connectivity index is 1.36. The molecule has 168 valence electrons. The van der Waals surface area contributed by atoms with Crippen LogP contribution in [0.2, 0.25) is 0 Å². The number of aromatic amines is 1. The summed E-state index contributed by atoms with van der Waals surface area (Å²) in [6.07, 6.45) is 2.88. The van der Waals surface area contributed by atoms with Crippen LogP contribution in [0.3, 0.4) is 0 Å². The molecule has 0 spiro atoms. The Morgan fingerprint density at radius 1 is 0.970 bits per heavy atom. The third kappa shape index (κ3) is 4.51. The highest BCUT2D eigenvalue weighted by atomic mass is 32.2. The number of hydrogen-bond donors (Lipinski definition) is 2. The molecule has 33 heavy (non-hydrogen) atoms. The smallest absolute Gasteiger partial charge is 0.175 e. The van der Waals surface area contributed by atoms with Crippen LogP contribution >= 0.6 is 0 Å². The highest BCUT2D eigenvalue weighted by Crippen LogP contribution is 2.31. The number of benzene rings is 2. The van der Waals surface area contributed by atoms with Crippen LogP contribution < -0.4 is 14.8 Å². The van der Waals surface area contributed by atoms with Gasteiger partial charge in [0.1, 0.15) is 19.0 Å². The Labute approximate surface area is 190 Å². The predicted molar refractivity (Wildman–Crippen MR) is 123 cm³/mol. The molecule has 0 saturated heterocycles. The number of aromatic nitrogens is 4. The molecule has 0 amide bonds. The Bertz CT molecular complexity index is 1400. The Morgan fingerprint density at radius 2 is 1.73 bits per heavy atom. The molecule has 0 saturated carbocycles. The fourth-order valence-corrected chi connectivity index (χ4v) is 4.12. The molecule has 0 bridgehead atoms. The molecule has 2 N–H and O–H groups in total. The first-order valence-electron chi connectivity index (χ1n) is 10.3. The molecule has 10 heteroatoms. The van der Waals surface area contributed by atoms with Gasteiger partial charge in [-0.2, -0.15) is 0 Å². The molecule has 2 aromatic carbocycles. The van der Waals surface area contributed by atoms with Gasteiger partial charge in [0.05, 0.1) is 10.5 Å². The van der Waals surface area contributed by atoms with Crippen LogP contribution in [0.4, 0.5) is 5.82 Å². The van der Waals surface area contributed by atoms with Crippen molar-refractivity contribution in [3.8, 4) is 34.3 Å². The van der Waals surface area contributed by atoms with Crippen LogP contribution in [-0.4, -0.2) is 48.1 Å². The number of rotatable bonds is 6. The average molecular weight is 464 g/mol. The number of anilines is 1. The van der Waals surface area contributed by atoms with Gasteiger partial charge in [0.15, 0.2) is 33.0 Å². The van der Waals surface area contributed by atoms with Crippen molar-refractivity contribution in [2.24, 2.45) is 0 Å². The van der Waals surface area contributed by atoms with E-state index in [2.05, 4.69) is 25.5 Å². The van der Waals surface area contributed by atoms with Gasteiger partial charge in [-0.1, -0.05) is 6.07 Å². The standard InChI is InChI=1S/C23H21N5O4S/c1-33(29,30)17-7-5-16(6-8-17)21-26-23(28-27-21)18-3-2-10-24-22(18)25-14-15-4-9-19-20(13-15)32-12-11-31-19/h2-10,13H,11-12,14H2,1H3,(H,24,25)(H,26,27,28). The first-order chi connectivity index (χ1) is 16.0. The van der Waals surface area contributed by atoms with Crippen molar-refractivity contribution in [1.82, 2.24) is 20.2 Å². The van der Waals surface area contributed by atoms with Crippen LogP contribution in [0, 0.1) is 0 Å². The van der Waals surface area contributed by atoms with E-state index < -0.39 is 9.84 Å². The molecule has 5 rings (SSSR count). The van der Waals surface area contributed by atoms with Crippen LogP contribution in [0.1, 0.15) is 5.56 Å². The molecule has 4 aromatic rings. The number of ether oxygens (including phenoxy) is 2. The van der Waals surface area contributed by atoms with Crippen molar-refractivity contribution >= 4 is 15.7 Å². The second kappa shape index (κ2) is 8.55. The van der Waals surface area contributed by atoms with Gasteiger partial charge in [-0.25, -0.2) is 13.4 Å². The van der Waals surface area contributed by atoms with E-state index in [4.69, 9.17) is 9.47 Å². The van der Waals surface area contributed by atoms with Crippen molar-refractivity contribution in [3.63, 3.8) is 0 Å². The van der Waals surface area contributed by atoms with Crippen LogP contribution in [0.5, 0.6) is 11.5 Å². The lowest BCUT2D eigenvalue weighted by Gasteiger charge is -2.19. The van der Waals surface area contributed by atoms with E-state index in [1.165, 1.54) is 6.26 Å². The lowest BCUT2D eigenvalue weighted by atomic mass is 10.2. The van der Waals surface area contributed by atoms with Crippen molar-refractivity contribution in [3.05, 3.63) is 66.4 Å². The number of H-pyrrole nitrogens is 1. The maximum atomic E-state index is 11.7. The summed E-state index contributed by atoms with van der Waals surface area (Å²) in [6.45, 7) is 1.64. The van der Waals surface area contributed by atoms with Crippen molar-refractivity contribution in [1.29, 1.82) is 0 Å². The van der Waals surface area contributed by atoms with E-state index in [0.717, 1.165) is 28.2 Å². The molecule has 0 aliphatic carbocycles. The summed E-state index contributed by atoms with van der Waals surface area (Å²) in [7, 11) is -3.26. The third-order valence-electron chi connectivity index (χ3n) is 5.17. The van der Waals surface area contributed by atoms with Crippen molar-refractivity contribution < 1.29 is 17.9 Å². The molecule has 2 aromatic heterocycles. The fourth-order valence-electron chi connectivity index (χ4n) is 3.49. The zero-order chi connectivity index (χ0) is 22.8. The largest absolute Gasteiger partial charge is 0.486 e. The maximum absolute atomic E-state index is 11.7. The molecule has 1 aliphatic rings. The van der Waals surface area contributed by atoms with Crippen LogP contribution in [0.25, 0.3) is 22.8 Å². The zero-order valence-electron chi connectivity index (χ0n) is 17.8. The van der Waals surface area contributed by atoms with Crippen LogP contribution in [-0.2, 0) is 16.4 Å². The predicted octanol–water partition coefficient (Wildman–Crippen LogP) is 3.32. The number of nitrogens with zero attached hydrogens (tertiary/aromatic N) is 3. The molecule has 0 unspecified atom stereocenters. The van der Waals surface area contributed by atoms with Gasteiger partial charge in [-0.15, -0.1) is 10.2 Å². The van der Waals surface area contributed by atoms with Gasteiger partial charge < -0.3 is 19.8 Å². The minimum absolute atomic E-state index is 0.254. The highest BCUT2D eigenvalue weighted by molar-refractivity contribution is 7.90. The molecular weight excluding hydrogens is 442 g/mol. The van der Waals surface area contributed by atoms with E-state index in [-0.39, 0.29) is 4.90 Å². The monoisotopic (exact) mass is 463 g/mol. The summed E-state index contributed by atoms with van der Waals surface area (Å²) < 4.78 is 34.6. The van der Waals surface area contributed by atoms with E-state index in [1.54, 1.807) is 30.5 Å². The first kappa shape index (κ1) is 21.0. The molecule has 9 nitrogen and oxygen atoms in total. The quantitative estimate of drug-likeness (QED) is 0.447. The minimum atomic E-state index is -3.26. The zero-order valence-corrected chi connectivity index (χ0v) is 18.6. The van der Waals surface area contributed by atoms with Gasteiger partial charge in [-0.3, -0.25) is 0 Å². The summed E-state index contributed by atoms with van der Waals surface area (Å²) in [5.41, 5.74) is 2.53. The number of pyridine rings is 1. The number of nitrogens with one attached hydrogen (secondary N) is 2. The lowest BCUT2D eigenvalue weighted by molar-refractivity contribution is 0.171. The van der Waals surface area contributed by atoms with Gasteiger partial charge in [0, 0.05) is 24.6 Å². The summed E-state index contributed by atoms with van der Waals surface area (Å²) >= 11 is 0. The third-order valence-corrected chi connectivity index (χ3v) is 6.30. The summed E-state index contributed by atoms with van der Waals surface area (Å²) in [6, 6.07) is 16.1. The van der Waals surface area contributed by atoms with Gasteiger partial charge in [0.2, 0.25) is 0 Å². The Hall–Kier alpha value is -3.92. The summed E-state index contributed by atoms with van der Waals surface area (Å²) in [5.74, 6) is 3.23. The highest BCUT2D eigenvalue weighted by Gasteiger charge is 2.15. The number of hydrogen-bond acceptors (Lipinski definition) is 8. The lowest BCUT2D eigenvalue weighted by Crippen LogP contribution is -2.15. The van der Waals surface area contributed by atoms with Crippen molar-refractivity contribution in [2.75, 3.05) is 24.8 Å². The fraction of sp³-hybridized carbons (Fsp3) is 0.174. The number of sulfone groups is 1. The van der Waals surface area contributed by atoms with Gasteiger partial charge >= 0.3 is 0 Å².